The Kier molecular flexibility index (Phi) is 6.81. The molecule has 0 spiro atoms. The van der Waals surface area contributed by atoms with Crippen LogP contribution in [-0.2, 0) is 16.4 Å². The first-order valence-electron chi connectivity index (χ1n) is 9.91. The molecule has 0 atom stereocenters. The molecular weight excluding hydrogens is 392 g/mol. The van der Waals surface area contributed by atoms with Gasteiger partial charge in [0.05, 0.1) is 30.1 Å². The summed E-state index contributed by atoms with van der Waals surface area (Å²) in [7, 11) is -3.56. The lowest BCUT2D eigenvalue weighted by Gasteiger charge is -2.35. The lowest BCUT2D eigenvalue weighted by molar-refractivity contribution is -0.909. The molecule has 2 N–H and O–H groups in total. The molecular formula is C22H30ClN2O2S+. The van der Waals surface area contributed by atoms with Crippen molar-refractivity contribution in [1.29, 1.82) is 0 Å². The van der Waals surface area contributed by atoms with Crippen LogP contribution in [0.3, 0.4) is 0 Å². The Balaban J connectivity index is 1.52. The maximum Gasteiger partial charge on any atom is 0.241 e. The molecule has 0 unspecified atom stereocenters. The summed E-state index contributed by atoms with van der Waals surface area (Å²) in [5, 5.41) is 0.529. The third-order valence-electron chi connectivity index (χ3n) is 5.41. The zero-order chi connectivity index (χ0) is 20.2. The third-order valence-corrected chi connectivity index (χ3v) is 7.37. The molecule has 28 heavy (non-hydrogen) atoms. The number of benzene rings is 2. The van der Waals surface area contributed by atoms with Crippen molar-refractivity contribution in [2.75, 3.05) is 19.6 Å². The number of nitrogens with one attached hydrogen (secondary N) is 2. The van der Waals surface area contributed by atoms with Crippen LogP contribution in [0.5, 0.6) is 0 Å². The number of rotatable bonds is 7. The highest BCUT2D eigenvalue weighted by atomic mass is 35.5. The van der Waals surface area contributed by atoms with Gasteiger partial charge in [-0.2, -0.15) is 4.72 Å². The molecule has 6 heteroatoms. The van der Waals surface area contributed by atoms with Gasteiger partial charge >= 0.3 is 0 Å². The molecule has 152 valence electrons. The molecule has 0 aliphatic carbocycles. The van der Waals surface area contributed by atoms with E-state index in [-0.39, 0.29) is 4.90 Å². The second kappa shape index (κ2) is 8.95. The van der Waals surface area contributed by atoms with Crippen LogP contribution in [0.2, 0.25) is 5.02 Å². The number of hydrogen-bond acceptors (Lipinski definition) is 2. The fourth-order valence-corrected chi connectivity index (χ4v) is 5.65. The summed E-state index contributed by atoms with van der Waals surface area (Å²) in [6.45, 7) is 6.87. The van der Waals surface area contributed by atoms with Crippen LogP contribution >= 0.6 is 11.6 Å². The lowest BCUT2D eigenvalue weighted by Crippen LogP contribution is -3.15. The molecule has 1 saturated heterocycles. The Hall–Kier alpha value is -1.40. The Morgan fingerprint density at radius 2 is 1.64 bits per heavy atom. The number of halogens is 1. The van der Waals surface area contributed by atoms with E-state index in [9.17, 15) is 8.42 Å². The monoisotopic (exact) mass is 421 g/mol. The summed E-state index contributed by atoms with van der Waals surface area (Å²) in [4.78, 5) is 1.72. The molecule has 0 bridgehead atoms. The molecule has 1 aliphatic rings. The molecule has 1 fully saturated rings. The summed E-state index contributed by atoms with van der Waals surface area (Å²) in [5.41, 5.74) is 0.895. The molecule has 1 aliphatic heterocycles. The van der Waals surface area contributed by atoms with Crippen LogP contribution < -0.4 is 9.62 Å². The van der Waals surface area contributed by atoms with Crippen molar-refractivity contribution in [3.63, 3.8) is 0 Å². The minimum absolute atomic E-state index is 0.251. The molecule has 0 aromatic heterocycles. The topological polar surface area (TPSA) is 50.6 Å². The van der Waals surface area contributed by atoms with Crippen molar-refractivity contribution < 1.29 is 13.3 Å². The fraction of sp³-hybridized carbons (Fsp3) is 0.455. The predicted octanol–water partition coefficient (Wildman–Crippen LogP) is 2.93. The Morgan fingerprint density at radius 3 is 2.25 bits per heavy atom. The number of hydrogen-bond donors (Lipinski definition) is 2. The van der Waals surface area contributed by atoms with E-state index in [4.69, 9.17) is 11.6 Å². The molecule has 0 amide bonds. The second-order valence-corrected chi connectivity index (χ2v) is 10.6. The van der Waals surface area contributed by atoms with Gasteiger partial charge in [0.2, 0.25) is 10.0 Å². The maximum atomic E-state index is 12.7. The average molecular weight is 422 g/mol. The number of sulfonamides is 1. The minimum atomic E-state index is -3.56. The first kappa shape index (κ1) is 21.3. The van der Waals surface area contributed by atoms with Crippen LogP contribution in [-0.4, -0.2) is 33.6 Å². The molecule has 2 aromatic rings. The summed E-state index contributed by atoms with van der Waals surface area (Å²) < 4.78 is 28.3. The minimum Gasteiger partial charge on any atom is -0.333 e. The van der Waals surface area contributed by atoms with Crippen molar-refractivity contribution >= 4 is 21.6 Å². The first-order chi connectivity index (χ1) is 13.2. The first-order valence-corrected chi connectivity index (χ1v) is 11.8. The summed E-state index contributed by atoms with van der Waals surface area (Å²) in [6.07, 6.45) is 3.51. The molecule has 3 rings (SSSR count). The van der Waals surface area contributed by atoms with Crippen LogP contribution in [0.15, 0.2) is 59.5 Å². The van der Waals surface area contributed by atoms with Gasteiger partial charge in [-0.05, 0) is 68.9 Å². The molecule has 0 radical (unpaired) electrons. The number of quaternary nitrogens is 1. The molecule has 0 saturated carbocycles. The van der Waals surface area contributed by atoms with Gasteiger partial charge in [-0.1, -0.05) is 41.9 Å². The van der Waals surface area contributed by atoms with Gasteiger partial charge in [-0.3, -0.25) is 0 Å². The zero-order valence-electron chi connectivity index (χ0n) is 16.6. The molecule has 1 heterocycles. The summed E-state index contributed by atoms with van der Waals surface area (Å²) in [5.74, 6) is 0.722. The third kappa shape index (κ3) is 6.05. The van der Waals surface area contributed by atoms with E-state index in [1.165, 1.54) is 23.3 Å². The van der Waals surface area contributed by atoms with E-state index in [0.29, 0.717) is 5.02 Å². The van der Waals surface area contributed by atoms with Crippen molar-refractivity contribution in [3.8, 4) is 0 Å². The smallest absolute Gasteiger partial charge is 0.241 e. The predicted molar refractivity (Wildman–Crippen MR) is 114 cm³/mol. The van der Waals surface area contributed by atoms with Gasteiger partial charge in [-0.25, -0.2) is 8.42 Å². The average Bonchev–Trinajstić information content (AvgIpc) is 2.63. The highest BCUT2D eigenvalue weighted by molar-refractivity contribution is 7.89. The van der Waals surface area contributed by atoms with Crippen molar-refractivity contribution in [3.05, 3.63) is 65.2 Å². The van der Waals surface area contributed by atoms with Crippen LogP contribution in [0, 0.1) is 5.92 Å². The standard InChI is InChI=1S/C22H29ClN2O2S/c1-22(2,24-28(26,27)21-10-8-20(23)9-11-21)17-25-14-12-19(13-15-25)16-18-6-4-3-5-7-18/h3-11,19,24H,12-17H2,1-2H3/p+1. The largest absolute Gasteiger partial charge is 0.333 e. The highest BCUT2D eigenvalue weighted by Gasteiger charge is 2.32. The van der Waals surface area contributed by atoms with E-state index in [1.54, 1.807) is 24.3 Å². The number of likely N-dealkylation sites (tertiary alicyclic amines) is 1. The van der Waals surface area contributed by atoms with Gasteiger partial charge in [0, 0.05) is 5.02 Å². The Labute approximate surface area is 174 Å². The van der Waals surface area contributed by atoms with E-state index >= 15 is 0 Å². The molecule has 4 nitrogen and oxygen atoms in total. The van der Waals surface area contributed by atoms with E-state index in [0.717, 1.165) is 32.0 Å². The van der Waals surface area contributed by atoms with Gasteiger partial charge < -0.3 is 4.90 Å². The maximum absolute atomic E-state index is 12.7. The van der Waals surface area contributed by atoms with Crippen LogP contribution in [0.1, 0.15) is 32.3 Å². The summed E-state index contributed by atoms with van der Waals surface area (Å²) in [6, 6.07) is 17.0. The van der Waals surface area contributed by atoms with E-state index in [2.05, 4.69) is 35.1 Å². The van der Waals surface area contributed by atoms with Gasteiger partial charge in [0.25, 0.3) is 0 Å². The Bertz CT molecular complexity index is 859. The van der Waals surface area contributed by atoms with E-state index in [1.807, 2.05) is 13.8 Å². The van der Waals surface area contributed by atoms with Crippen LogP contribution in [0.25, 0.3) is 0 Å². The quantitative estimate of drug-likeness (QED) is 0.722. The normalized spacial score (nSPS) is 20.8. The van der Waals surface area contributed by atoms with Crippen molar-refractivity contribution in [2.45, 2.75) is 43.5 Å². The lowest BCUT2D eigenvalue weighted by atomic mass is 9.89. The SMILES string of the molecule is CC(C)(C[NH+]1CCC(Cc2ccccc2)CC1)NS(=O)(=O)c1ccc(Cl)cc1. The molecule has 2 aromatic carbocycles. The zero-order valence-corrected chi connectivity index (χ0v) is 18.2. The van der Waals surface area contributed by atoms with E-state index < -0.39 is 15.6 Å². The second-order valence-electron chi connectivity index (χ2n) is 8.50. The number of piperidine rings is 1. The van der Waals surface area contributed by atoms with Crippen LogP contribution in [0.4, 0.5) is 0 Å². The van der Waals surface area contributed by atoms with Gasteiger partial charge in [0.15, 0.2) is 0 Å². The Morgan fingerprint density at radius 1 is 1.04 bits per heavy atom. The van der Waals surface area contributed by atoms with Gasteiger partial charge in [-0.15, -0.1) is 0 Å². The van der Waals surface area contributed by atoms with Crippen molar-refractivity contribution in [1.82, 2.24) is 4.72 Å². The highest BCUT2D eigenvalue weighted by Crippen LogP contribution is 2.18. The van der Waals surface area contributed by atoms with Gasteiger partial charge in [0.1, 0.15) is 0 Å². The summed E-state index contributed by atoms with van der Waals surface area (Å²) >= 11 is 5.87. The van der Waals surface area contributed by atoms with Crippen molar-refractivity contribution in [2.24, 2.45) is 5.92 Å². The fourth-order valence-electron chi connectivity index (χ4n) is 4.11.